The summed E-state index contributed by atoms with van der Waals surface area (Å²) >= 11 is 4.88. The summed E-state index contributed by atoms with van der Waals surface area (Å²) in [5, 5.41) is 0. The second-order valence-electron chi connectivity index (χ2n) is 2.30. The highest BCUT2D eigenvalue weighted by molar-refractivity contribution is 9.10. The van der Waals surface area contributed by atoms with Crippen LogP contribution in [0.1, 0.15) is 0 Å². The van der Waals surface area contributed by atoms with Crippen molar-refractivity contribution < 1.29 is 4.42 Å². The number of fused-ring (bicyclic) bond motifs is 1. The van der Waals surface area contributed by atoms with Gasteiger partial charge in [-0.15, -0.1) is 11.8 Å². The van der Waals surface area contributed by atoms with Crippen molar-refractivity contribution in [3.8, 4) is 0 Å². The van der Waals surface area contributed by atoms with E-state index in [0.29, 0.717) is 4.80 Å². The van der Waals surface area contributed by atoms with Gasteiger partial charge in [0.1, 0.15) is 5.52 Å². The standard InChI is InChI=1S/C8H6BrNOS/c1-12-5-2-3-7-6(4-5)10-8(9)11-7/h2-4H,1H3. The molecule has 2 nitrogen and oxygen atoms in total. The molecule has 0 N–H and O–H groups in total. The van der Waals surface area contributed by atoms with E-state index in [9.17, 15) is 0 Å². The highest BCUT2D eigenvalue weighted by atomic mass is 79.9. The molecule has 4 heteroatoms. The molecule has 0 aliphatic carbocycles. The van der Waals surface area contributed by atoms with Gasteiger partial charge in [0, 0.05) is 20.8 Å². The fourth-order valence-electron chi connectivity index (χ4n) is 1.01. The summed E-state index contributed by atoms with van der Waals surface area (Å²) in [5.41, 5.74) is 1.72. The Hall–Kier alpha value is -0.480. The molecule has 1 aromatic heterocycles. The van der Waals surface area contributed by atoms with Gasteiger partial charge in [0.15, 0.2) is 5.58 Å². The second kappa shape index (κ2) is 3.11. The van der Waals surface area contributed by atoms with E-state index in [1.54, 1.807) is 11.8 Å². The van der Waals surface area contributed by atoms with E-state index in [1.807, 2.05) is 24.5 Å². The maximum Gasteiger partial charge on any atom is 0.265 e. The number of aromatic nitrogens is 1. The van der Waals surface area contributed by atoms with E-state index in [2.05, 4.69) is 20.9 Å². The van der Waals surface area contributed by atoms with Crippen LogP contribution in [0.2, 0.25) is 0 Å². The van der Waals surface area contributed by atoms with Crippen LogP contribution in [0.15, 0.2) is 32.3 Å². The molecule has 0 radical (unpaired) electrons. The second-order valence-corrected chi connectivity index (χ2v) is 3.86. The Morgan fingerprint density at radius 3 is 3.08 bits per heavy atom. The van der Waals surface area contributed by atoms with E-state index < -0.39 is 0 Å². The molecule has 12 heavy (non-hydrogen) atoms. The molecular weight excluding hydrogens is 238 g/mol. The molecule has 62 valence electrons. The number of benzene rings is 1. The van der Waals surface area contributed by atoms with Crippen molar-refractivity contribution in [2.45, 2.75) is 4.90 Å². The first-order valence-corrected chi connectivity index (χ1v) is 5.41. The van der Waals surface area contributed by atoms with E-state index >= 15 is 0 Å². The molecule has 0 amide bonds. The Morgan fingerprint density at radius 2 is 2.33 bits per heavy atom. The fourth-order valence-corrected chi connectivity index (χ4v) is 1.81. The third kappa shape index (κ3) is 1.36. The van der Waals surface area contributed by atoms with Crippen LogP contribution >= 0.6 is 27.7 Å². The van der Waals surface area contributed by atoms with Crippen molar-refractivity contribution >= 4 is 38.8 Å². The lowest BCUT2D eigenvalue weighted by molar-refractivity contribution is 0.570. The minimum atomic E-state index is 0.538. The summed E-state index contributed by atoms with van der Waals surface area (Å²) in [4.78, 5) is 5.89. The number of hydrogen-bond acceptors (Lipinski definition) is 3. The monoisotopic (exact) mass is 243 g/mol. The first kappa shape index (κ1) is 8.13. The van der Waals surface area contributed by atoms with Gasteiger partial charge < -0.3 is 4.42 Å². The number of oxazole rings is 1. The predicted octanol–water partition coefficient (Wildman–Crippen LogP) is 3.31. The first-order chi connectivity index (χ1) is 5.79. The molecular formula is C8H6BrNOS. The Kier molecular flexibility index (Phi) is 2.11. The highest BCUT2D eigenvalue weighted by Crippen LogP contribution is 2.23. The van der Waals surface area contributed by atoms with Gasteiger partial charge in [0.2, 0.25) is 0 Å². The minimum Gasteiger partial charge on any atom is -0.431 e. The molecule has 0 bridgehead atoms. The molecule has 0 saturated carbocycles. The first-order valence-electron chi connectivity index (χ1n) is 3.39. The van der Waals surface area contributed by atoms with Crippen LogP contribution < -0.4 is 0 Å². The van der Waals surface area contributed by atoms with Crippen molar-refractivity contribution in [3.05, 3.63) is 23.0 Å². The maximum absolute atomic E-state index is 5.26. The van der Waals surface area contributed by atoms with Crippen molar-refractivity contribution in [3.63, 3.8) is 0 Å². The SMILES string of the molecule is CSc1ccc2oc(Br)nc2c1. The molecule has 0 aliphatic heterocycles. The van der Waals surface area contributed by atoms with Crippen LogP contribution in [-0.4, -0.2) is 11.2 Å². The smallest absolute Gasteiger partial charge is 0.265 e. The Balaban J connectivity index is 2.66. The normalized spacial score (nSPS) is 10.8. The van der Waals surface area contributed by atoms with Gasteiger partial charge in [-0.2, -0.15) is 0 Å². The van der Waals surface area contributed by atoms with Crippen LogP contribution in [-0.2, 0) is 0 Å². The molecule has 2 rings (SSSR count). The largest absolute Gasteiger partial charge is 0.431 e. The van der Waals surface area contributed by atoms with E-state index in [1.165, 1.54) is 4.90 Å². The fraction of sp³-hybridized carbons (Fsp3) is 0.125. The summed E-state index contributed by atoms with van der Waals surface area (Å²) in [7, 11) is 0. The predicted molar refractivity (Wildman–Crippen MR) is 53.5 cm³/mol. The number of rotatable bonds is 1. The summed E-state index contributed by atoms with van der Waals surface area (Å²) in [6.45, 7) is 0. The molecule has 0 saturated heterocycles. The maximum atomic E-state index is 5.26. The Morgan fingerprint density at radius 1 is 1.50 bits per heavy atom. The Bertz CT molecular complexity index is 412. The average molecular weight is 244 g/mol. The van der Waals surface area contributed by atoms with Gasteiger partial charge in [-0.3, -0.25) is 0 Å². The minimum absolute atomic E-state index is 0.538. The van der Waals surface area contributed by atoms with Crippen LogP contribution in [0.5, 0.6) is 0 Å². The lowest BCUT2D eigenvalue weighted by Gasteiger charge is -1.92. The van der Waals surface area contributed by atoms with Crippen molar-refractivity contribution in [2.24, 2.45) is 0 Å². The van der Waals surface area contributed by atoms with Gasteiger partial charge in [0.25, 0.3) is 4.80 Å². The van der Waals surface area contributed by atoms with Crippen molar-refractivity contribution in [2.75, 3.05) is 6.26 Å². The number of nitrogens with zero attached hydrogens (tertiary/aromatic N) is 1. The zero-order valence-electron chi connectivity index (χ0n) is 6.37. The zero-order chi connectivity index (χ0) is 8.55. The quantitative estimate of drug-likeness (QED) is 0.720. The van der Waals surface area contributed by atoms with Gasteiger partial charge in [-0.1, -0.05) is 0 Å². The average Bonchev–Trinajstić information content (AvgIpc) is 2.43. The molecule has 0 fully saturated rings. The lowest BCUT2D eigenvalue weighted by atomic mass is 10.3. The van der Waals surface area contributed by atoms with Gasteiger partial charge in [0.05, 0.1) is 0 Å². The summed E-state index contributed by atoms with van der Waals surface area (Å²) in [5.74, 6) is 0. The summed E-state index contributed by atoms with van der Waals surface area (Å²) in [6.07, 6.45) is 2.04. The van der Waals surface area contributed by atoms with Crippen LogP contribution in [0.25, 0.3) is 11.1 Å². The van der Waals surface area contributed by atoms with Gasteiger partial charge in [-0.25, -0.2) is 4.98 Å². The third-order valence-corrected chi connectivity index (χ3v) is 2.63. The topological polar surface area (TPSA) is 26.0 Å². The van der Waals surface area contributed by atoms with Crippen LogP contribution in [0.3, 0.4) is 0 Å². The molecule has 0 aliphatic rings. The number of halogens is 1. The van der Waals surface area contributed by atoms with Crippen LogP contribution in [0.4, 0.5) is 0 Å². The lowest BCUT2D eigenvalue weighted by Crippen LogP contribution is -1.70. The van der Waals surface area contributed by atoms with Crippen molar-refractivity contribution in [1.29, 1.82) is 0 Å². The van der Waals surface area contributed by atoms with Gasteiger partial charge >= 0.3 is 0 Å². The van der Waals surface area contributed by atoms with Crippen LogP contribution in [0, 0.1) is 0 Å². The molecule has 1 heterocycles. The molecule has 0 spiro atoms. The summed E-state index contributed by atoms with van der Waals surface area (Å²) in [6, 6.07) is 5.96. The van der Waals surface area contributed by atoms with Gasteiger partial charge in [-0.05, 0) is 24.5 Å². The summed E-state index contributed by atoms with van der Waals surface area (Å²) < 4.78 is 5.26. The highest BCUT2D eigenvalue weighted by Gasteiger charge is 2.02. The van der Waals surface area contributed by atoms with E-state index in [-0.39, 0.29) is 0 Å². The third-order valence-electron chi connectivity index (χ3n) is 1.57. The molecule has 0 atom stereocenters. The van der Waals surface area contributed by atoms with E-state index in [0.717, 1.165) is 11.1 Å². The van der Waals surface area contributed by atoms with E-state index in [4.69, 9.17) is 4.42 Å². The molecule has 1 aromatic carbocycles. The zero-order valence-corrected chi connectivity index (χ0v) is 8.78. The number of thioether (sulfide) groups is 1. The van der Waals surface area contributed by atoms with Crippen molar-refractivity contribution in [1.82, 2.24) is 4.98 Å². The number of hydrogen-bond donors (Lipinski definition) is 0. The molecule has 2 aromatic rings. The molecule has 0 unspecified atom stereocenters. The Labute approximate surface area is 82.5 Å².